The fourth-order valence-electron chi connectivity index (χ4n) is 4.19. The second-order valence-corrected chi connectivity index (χ2v) is 10.3. The molecule has 2 aromatic rings. The van der Waals surface area contributed by atoms with Gasteiger partial charge in [0.25, 0.3) is 15.7 Å². The number of aromatic nitrogens is 2. The molecule has 1 saturated carbocycles. The number of sulfone groups is 1. The third kappa shape index (κ3) is 4.16. The molecule has 178 valence electrons. The average molecular weight is 485 g/mol. The molecule has 0 saturated heterocycles. The zero-order chi connectivity index (χ0) is 24.1. The van der Waals surface area contributed by atoms with Crippen molar-refractivity contribution in [2.45, 2.75) is 61.6 Å². The van der Waals surface area contributed by atoms with E-state index >= 15 is 0 Å². The number of nitrogens with one attached hydrogen (secondary N) is 1. The molecular formula is C20H23F3N6O3S. The first-order valence-corrected chi connectivity index (χ1v) is 11.8. The SMILES string of the molecule is CC(C)N1N=C2C[C@@H]1CC[C@@H]2n1cc(C(N)=O)c(Nc2ccc(S(=O)(=O)C(F)(F)F)cc2)n1. The summed E-state index contributed by atoms with van der Waals surface area (Å²) in [5, 5.41) is 14.1. The number of primary amides is 1. The number of fused-ring (bicyclic) bond motifs is 2. The number of rotatable bonds is 6. The molecule has 2 aliphatic rings. The van der Waals surface area contributed by atoms with Gasteiger partial charge in [0.05, 0.1) is 22.7 Å². The molecule has 1 aromatic carbocycles. The van der Waals surface area contributed by atoms with Crippen molar-refractivity contribution >= 4 is 33.0 Å². The van der Waals surface area contributed by atoms with Gasteiger partial charge in [0.1, 0.15) is 5.56 Å². The topological polar surface area (TPSA) is 123 Å². The Morgan fingerprint density at radius 1 is 1.21 bits per heavy atom. The minimum absolute atomic E-state index is 0.100. The normalized spacial score (nSPS) is 20.8. The molecule has 1 aromatic heterocycles. The minimum Gasteiger partial charge on any atom is -0.365 e. The predicted molar refractivity (Wildman–Crippen MR) is 115 cm³/mol. The van der Waals surface area contributed by atoms with Gasteiger partial charge in [-0.1, -0.05) is 0 Å². The van der Waals surface area contributed by atoms with Crippen LogP contribution in [0, 0.1) is 0 Å². The summed E-state index contributed by atoms with van der Waals surface area (Å²) >= 11 is 0. The van der Waals surface area contributed by atoms with Gasteiger partial charge in [-0.3, -0.25) is 14.5 Å². The highest BCUT2D eigenvalue weighted by Gasteiger charge is 2.46. The van der Waals surface area contributed by atoms with Crippen molar-refractivity contribution in [3.63, 3.8) is 0 Å². The van der Waals surface area contributed by atoms with E-state index in [1.807, 2.05) is 0 Å². The molecule has 2 atom stereocenters. The Morgan fingerprint density at radius 3 is 2.45 bits per heavy atom. The maximum Gasteiger partial charge on any atom is 0.501 e. The highest BCUT2D eigenvalue weighted by molar-refractivity contribution is 7.92. The Morgan fingerprint density at radius 2 is 1.88 bits per heavy atom. The molecule has 2 heterocycles. The van der Waals surface area contributed by atoms with E-state index in [0.717, 1.165) is 49.2 Å². The molecule has 0 radical (unpaired) electrons. The summed E-state index contributed by atoms with van der Waals surface area (Å²) in [6.07, 6.45) is 4.04. The summed E-state index contributed by atoms with van der Waals surface area (Å²) in [4.78, 5) is 11.1. The van der Waals surface area contributed by atoms with E-state index in [1.54, 1.807) is 4.68 Å². The Kier molecular flexibility index (Phi) is 5.63. The Bertz CT molecular complexity index is 1200. The molecule has 33 heavy (non-hydrogen) atoms. The van der Waals surface area contributed by atoms with E-state index in [0.29, 0.717) is 6.04 Å². The standard InChI is InChI=1S/C20H23F3N6O3S/c1-11(2)29-13-5-8-17(16(9-13)26-29)28-10-15(18(24)30)19(27-28)25-12-3-6-14(7-4-12)33(31,32)20(21,22)23/h3-4,6-7,10-11,13,17H,5,8-9H2,1-2H3,(H2,24,30)(H,25,27)/t13-,17-/m0/s1. The van der Waals surface area contributed by atoms with Crippen LogP contribution in [0.15, 0.2) is 40.5 Å². The number of amides is 1. The van der Waals surface area contributed by atoms with Gasteiger partial charge >= 0.3 is 5.51 Å². The van der Waals surface area contributed by atoms with E-state index in [4.69, 9.17) is 10.8 Å². The maximum atomic E-state index is 12.7. The van der Waals surface area contributed by atoms with E-state index in [2.05, 4.69) is 29.3 Å². The lowest BCUT2D eigenvalue weighted by Crippen LogP contribution is -2.34. The molecule has 0 spiro atoms. The van der Waals surface area contributed by atoms with Crippen molar-refractivity contribution < 1.29 is 26.4 Å². The number of nitrogens with two attached hydrogens (primary N) is 1. The largest absolute Gasteiger partial charge is 0.501 e. The van der Waals surface area contributed by atoms with Gasteiger partial charge < -0.3 is 11.1 Å². The second kappa shape index (κ2) is 8.04. The number of hydrogen-bond donors (Lipinski definition) is 2. The number of anilines is 2. The summed E-state index contributed by atoms with van der Waals surface area (Å²) in [7, 11) is -5.45. The van der Waals surface area contributed by atoms with E-state index in [1.165, 1.54) is 6.20 Å². The predicted octanol–water partition coefficient (Wildman–Crippen LogP) is 3.19. The third-order valence-electron chi connectivity index (χ3n) is 5.80. The van der Waals surface area contributed by atoms with Crippen LogP contribution in [0.2, 0.25) is 0 Å². The Hall–Kier alpha value is -3.09. The molecule has 4 rings (SSSR count). The number of carbonyl (C=O) groups is 1. The number of halogens is 3. The molecule has 3 N–H and O–H groups in total. The zero-order valence-corrected chi connectivity index (χ0v) is 18.7. The minimum atomic E-state index is -5.45. The van der Waals surface area contributed by atoms with Gasteiger partial charge in [0.15, 0.2) is 5.82 Å². The summed E-state index contributed by atoms with van der Waals surface area (Å²) in [6.45, 7) is 4.15. The van der Waals surface area contributed by atoms with Crippen LogP contribution in [-0.4, -0.2) is 52.4 Å². The van der Waals surface area contributed by atoms with Crippen molar-refractivity contribution in [2.75, 3.05) is 5.32 Å². The third-order valence-corrected chi connectivity index (χ3v) is 7.30. The van der Waals surface area contributed by atoms with Crippen LogP contribution in [0.4, 0.5) is 24.7 Å². The van der Waals surface area contributed by atoms with Crippen LogP contribution in [-0.2, 0) is 9.84 Å². The lowest BCUT2D eigenvalue weighted by Gasteiger charge is -2.29. The molecule has 0 unspecified atom stereocenters. The zero-order valence-electron chi connectivity index (χ0n) is 17.9. The Labute approximate surface area is 188 Å². The number of benzene rings is 1. The first-order valence-electron chi connectivity index (χ1n) is 10.3. The van der Waals surface area contributed by atoms with Crippen LogP contribution < -0.4 is 11.1 Å². The number of carbonyl (C=O) groups excluding carboxylic acids is 1. The van der Waals surface area contributed by atoms with Gasteiger partial charge in [0.2, 0.25) is 0 Å². The Balaban J connectivity index is 1.60. The number of alkyl halides is 3. The van der Waals surface area contributed by atoms with E-state index in [9.17, 15) is 26.4 Å². The quantitative estimate of drug-likeness (QED) is 0.649. The number of hydrogen-bond acceptors (Lipinski definition) is 7. The van der Waals surface area contributed by atoms with Crippen LogP contribution >= 0.6 is 0 Å². The first-order chi connectivity index (χ1) is 15.4. The fourth-order valence-corrected chi connectivity index (χ4v) is 4.96. The maximum absolute atomic E-state index is 12.7. The smallest absolute Gasteiger partial charge is 0.365 e. The van der Waals surface area contributed by atoms with Gasteiger partial charge in [0, 0.05) is 24.3 Å². The van der Waals surface area contributed by atoms with Crippen molar-refractivity contribution in [1.29, 1.82) is 0 Å². The second-order valence-electron chi connectivity index (χ2n) is 8.35. The molecular weight excluding hydrogens is 461 g/mol. The van der Waals surface area contributed by atoms with Gasteiger partial charge in [-0.15, -0.1) is 0 Å². The first kappa shape index (κ1) is 23.1. The highest BCUT2D eigenvalue weighted by Crippen LogP contribution is 2.36. The average Bonchev–Trinajstić information content (AvgIpc) is 3.29. The molecule has 1 fully saturated rings. The van der Waals surface area contributed by atoms with E-state index in [-0.39, 0.29) is 29.2 Å². The number of nitrogens with zero attached hydrogens (tertiary/aromatic N) is 4. The molecule has 1 aliphatic heterocycles. The summed E-state index contributed by atoms with van der Waals surface area (Å²) in [6, 6.07) is 4.47. The van der Waals surface area contributed by atoms with Crippen molar-refractivity contribution in [2.24, 2.45) is 10.8 Å². The lowest BCUT2D eigenvalue weighted by atomic mass is 9.90. The lowest BCUT2D eigenvalue weighted by molar-refractivity contribution is -0.0436. The fraction of sp³-hybridized carbons (Fsp3) is 0.450. The van der Waals surface area contributed by atoms with Crippen LogP contribution in [0.3, 0.4) is 0 Å². The van der Waals surface area contributed by atoms with Crippen LogP contribution in [0.25, 0.3) is 0 Å². The molecule has 1 amide bonds. The molecule has 9 nitrogen and oxygen atoms in total. The van der Waals surface area contributed by atoms with E-state index < -0.39 is 26.1 Å². The van der Waals surface area contributed by atoms with Crippen molar-refractivity contribution in [3.05, 3.63) is 36.0 Å². The molecule has 13 heteroatoms. The van der Waals surface area contributed by atoms with Gasteiger partial charge in [-0.25, -0.2) is 8.42 Å². The van der Waals surface area contributed by atoms with Crippen LogP contribution in [0.5, 0.6) is 0 Å². The molecule has 1 aliphatic carbocycles. The van der Waals surface area contributed by atoms with Crippen molar-refractivity contribution in [3.8, 4) is 0 Å². The monoisotopic (exact) mass is 484 g/mol. The molecule has 2 bridgehead atoms. The highest BCUT2D eigenvalue weighted by atomic mass is 32.2. The van der Waals surface area contributed by atoms with Crippen molar-refractivity contribution in [1.82, 2.24) is 14.8 Å². The summed E-state index contributed by atoms with van der Waals surface area (Å²) in [5.41, 5.74) is 1.42. The van der Waals surface area contributed by atoms with Gasteiger partial charge in [-0.2, -0.15) is 23.4 Å². The van der Waals surface area contributed by atoms with Crippen LogP contribution in [0.1, 0.15) is 49.5 Å². The summed E-state index contributed by atoms with van der Waals surface area (Å²) in [5.74, 6) is -0.610. The summed E-state index contributed by atoms with van der Waals surface area (Å²) < 4.78 is 62.9. The van der Waals surface area contributed by atoms with Gasteiger partial charge in [-0.05, 0) is 51.0 Å². The number of hydrazone groups is 1.